The molecule has 1 aromatic rings. The highest BCUT2D eigenvalue weighted by molar-refractivity contribution is 5.89. The van der Waals surface area contributed by atoms with Crippen molar-refractivity contribution >= 4 is 17.6 Å². The van der Waals surface area contributed by atoms with E-state index in [-0.39, 0.29) is 17.9 Å². The summed E-state index contributed by atoms with van der Waals surface area (Å²) >= 11 is 0. The lowest BCUT2D eigenvalue weighted by Gasteiger charge is -2.32. The number of hydrogen-bond donors (Lipinski definition) is 2. The van der Waals surface area contributed by atoms with E-state index in [2.05, 4.69) is 27.4 Å². The number of aromatic nitrogens is 1. The Morgan fingerprint density at radius 2 is 2.04 bits per heavy atom. The highest BCUT2D eigenvalue weighted by Gasteiger charge is 2.29. The highest BCUT2D eigenvalue weighted by Crippen LogP contribution is 2.20. The number of piperidine rings is 1. The SMILES string of the molecule is CCN1CCCC1CNC(=O)C1CCN(C(=O)Nc2cccnc2)CC1. The smallest absolute Gasteiger partial charge is 0.321 e. The summed E-state index contributed by atoms with van der Waals surface area (Å²) in [5.74, 6) is 0.147. The Morgan fingerprint density at radius 1 is 1.23 bits per heavy atom. The number of likely N-dealkylation sites (N-methyl/N-ethyl adjacent to an activating group) is 1. The summed E-state index contributed by atoms with van der Waals surface area (Å²) in [6.45, 7) is 6.32. The molecule has 2 N–H and O–H groups in total. The second kappa shape index (κ2) is 8.98. The Balaban J connectivity index is 1.40. The van der Waals surface area contributed by atoms with Gasteiger partial charge in [0, 0.05) is 37.8 Å². The number of nitrogens with zero attached hydrogens (tertiary/aromatic N) is 3. The molecule has 2 saturated heterocycles. The molecule has 3 heterocycles. The van der Waals surface area contributed by atoms with Gasteiger partial charge < -0.3 is 15.5 Å². The first-order chi connectivity index (χ1) is 12.7. The van der Waals surface area contributed by atoms with Crippen LogP contribution in [0.5, 0.6) is 0 Å². The average Bonchev–Trinajstić information content (AvgIpc) is 3.14. The molecule has 0 bridgehead atoms. The lowest BCUT2D eigenvalue weighted by atomic mass is 9.96. The fourth-order valence-corrected chi connectivity index (χ4v) is 3.89. The molecule has 1 unspecified atom stereocenters. The van der Waals surface area contributed by atoms with Gasteiger partial charge in [0.05, 0.1) is 11.9 Å². The van der Waals surface area contributed by atoms with Gasteiger partial charge in [-0.15, -0.1) is 0 Å². The van der Waals surface area contributed by atoms with Gasteiger partial charge in [-0.1, -0.05) is 6.92 Å². The van der Waals surface area contributed by atoms with Crippen molar-refractivity contribution in [3.8, 4) is 0 Å². The molecule has 7 nitrogen and oxygen atoms in total. The molecule has 0 aliphatic carbocycles. The molecule has 1 aromatic heterocycles. The second-order valence-electron chi connectivity index (χ2n) is 7.10. The van der Waals surface area contributed by atoms with Gasteiger partial charge in [0.15, 0.2) is 0 Å². The third-order valence-electron chi connectivity index (χ3n) is 5.48. The lowest BCUT2D eigenvalue weighted by molar-refractivity contribution is -0.126. The van der Waals surface area contributed by atoms with Crippen molar-refractivity contribution in [2.75, 3.05) is 38.0 Å². The van der Waals surface area contributed by atoms with Gasteiger partial charge >= 0.3 is 6.03 Å². The molecule has 7 heteroatoms. The molecule has 142 valence electrons. The molecule has 3 amide bonds. The van der Waals surface area contributed by atoms with Crippen molar-refractivity contribution in [3.05, 3.63) is 24.5 Å². The van der Waals surface area contributed by atoms with Crippen LogP contribution in [0.25, 0.3) is 0 Å². The molecule has 2 aliphatic heterocycles. The van der Waals surface area contributed by atoms with E-state index < -0.39 is 0 Å². The van der Waals surface area contributed by atoms with E-state index in [1.54, 1.807) is 23.4 Å². The van der Waals surface area contributed by atoms with Crippen molar-refractivity contribution in [1.29, 1.82) is 0 Å². The van der Waals surface area contributed by atoms with Crippen molar-refractivity contribution in [3.63, 3.8) is 0 Å². The predicted molar refractivity (Wildman–Crippen MR) is 101 cm³/mol. The molecule has 2 aliphatic rings. The van der Waals surface area contributed by atoms with Crippen LogP contribution >= 0.6 is 0 Å². The lowest BCUT2D eigenvalue weighted by Crippen LogP contribution is -2.46. The van der Waals surface area contributed by atoms with Crippen LogP contribution in [0.3, 0.4) is 0 Å². The Labute approximate surface area is 155 Å². The van der Waals surface area contributed by atoms with Gasteiger partial charge in [-0.25, -0.2) is 4.79 Å². The van der Waals surface area contributed by atoms with Crippen LogP contribution in [0, 0.1) is 5.92 Å². The van der Waals surface area contributed by atoms with Gasteiger partial charge in [0.1, 0.15) is 0 Å². The second-order valence-corrected chi connectivity index (χ2v) is 7.10. The Morgan fingerprint density at radius 3 is 2.73 bits per heavy atom. The fraction of sp³-hybridized carbons (Fsp3) is 0.632. The van der Waals surface area contributed by atoms with E-state index in [0.717, 1.165) is 19.6 Å². The standard InChI is InChI=1S/C19H29N5O2/c1-2-23-10-4-6-17(23)14-21-18(25)15-7-11-24(12-8-15)19(26)22-16-5-3-9-20-13-16/h3,5,9,13,15,17H,2,4,6-8,10-12,14H2,1H3,(H,21,25)(H,22,26). The van der Waals surface area contributed by atoms with E-state index in [4.69, 9.17) is 0 Å². The molecule has 1 atom stereocenters. The Hall–Kier alpha value is -2.15. The summed E-state index contributed by atoms with van der Waals surface area (Å²) in [7, 11) is 0. The minimum atomic E-state index is -0.124. The number of nitrogens with one attached hydrogen (secondary N) is 2. The van der Waals surface area contributed by atoms with Crippen LogP contribution in [0.4, 0.5) is 10.5 Å². The first kappa shape index (κ1) is 18.6. The molecule has 0 saturated carbocycles. The zero-order chi connectivity index (χ0) is 18.4. The summed E-state index contributed by atoms with van der Waals surface area (Å²) in [6, 6.07) is 3.96. The molecule has 0 spiro atoms. The minimum absolute atomic E-state index is 0.00826. The number of anilines is 1. The van der Waals surface area contributed by atoms with Crippen molar-refractivity contribution < 1.29 is 9.59 Å². The summed E-state index contributed by atoms with van der Waals surface area (Å²) in [6.07, 6.45) is 7.12. The highest BCUT2D eigenvalue weighted by atomic mass is 16.2. The topological polar surface area (TPSA) is 77.6 Å². The van der Waals surface area contributed by atoms with Crippen LogP contribution in [0.2, 0.25) is 0 Å². The molecular weight excluding hydrogens is 330 g/mol. The van der Waals surface area contributed by atoms with Gasteiger partial charge in [0.25, 0.3) is 0 Å². The minimum Gasteiger partial charge on any atom is -0.354 e. The molecule has 0 radical (unpaired) electrons. The molecule has 26 heavy (non-hydrogen) atoms. The molecule has 0 aromatic carbocycles. The average molecular weight is 359 g/mol. The first-order valence-electron chi connectivity index (χ1n) is 9.65. The zero-order valence-electron chi connectivity index (χ0n) is 15.5. The van der Waals surface area contributed by atoms with E-state index in [1.165, 1.54) is 12.8 Å². The van der Waals surface area contributed by atoms with Crippen LogP contribution in [0.15, 0.2) is 24.5 Å². The summed E-state index contributed by atoms with van der Waals surface area (Å²) in [4.78, 5) is 33.0. The number of carbonyl (C=O) groups is 2. The molecule has 3 rings (SSSR count). The predicted octanol–water partition coefficient (Wildman–Crippen LogP) is 1.93. The maximum atomic E-state index is 12.5. The van der Waals surface area contributed by atoms with E-state index in [9.17, 15) is 9.59 Å². The Bertz CT molecular complexity index is 601. The summed E-state index contributed by atoms with van der Waals surface area (Å²) in [5, 5.41) is 5.98. The quantitative estimate of drug-likeness (QED) is 0.842. The molecular formula is C19H29N5O2. The van der Waals surface area contributed by atoms with E-state index in [0.29, 0.717) is 37.7 Å². The van der Waals surface area contributed by atoms with Gasteiger partial charge in [-0.05, 0) is 50.9 Å². The Kier molecular flexibility index (Phi) is 6.44. The largest absolute Gasteiger partial charge is 0.354 e. The van der Waals surface area contributed by atoms with Crippen LogP contribution in [0.1, 0.15) is 32.6 Å². The van der Waals surface area contributed by atoms with E-state index >= 15 is 0 Å². The summed E-state index contributed by atoms with van der Waals surface area (Å²) < 4.78 is 0. The van der Waals surface area contributed by atoms with Crippen molar-refractivity contribution in [2.24, 2.45) is 5.92 Å². The van der Waals surface area contributed by atoms with E-state index in [1.807, 2.05) is 6.07 Å². The maximum absolute atomic E-state index is 12.5. The van der Waals surface area contributed by atoms with Gasteiger partial charge in [-0.3, -0.25) is 14.7 Å². The fourth-order valence-electron chi connectivity index (χ4n) is 3.89. The normalized spacial score (nSPS) is 21.6. The third-order valence-corrected chi connectivity index (χ3v) is 5.48. The monoisotopic (exact) mass is 359 g/mol. The maximum Gasteiger partial charge on any atom is 0.321 e. The number of likely N-dealkylation sites (tertiary alicyclic amines) is 2. The zero-order valence-corrected chi connectivity index (χ0v) is 15.5. The number of rotatable bonds is 5. The molecule has 2 fully saturated rings. The third kappa shape index (κ3) is 4.72. The summed E-state index contributed by atoms with van der Waals surface area (Å²) in [5.41, 5.74) is 0.689. The number of pyridine rings is 1. The number of carbonyl (C=O) groups excluding carboxylic acids is 2. The van der Waals surface area contributed by atoms with Crippen LogP contribution in [-0.4, -0.2) is 65.5 Å². The number of amides is 3. The van der Waals surface area contributed by atoms with Crippen molar-refractivity contribution in [1.82, 2.24) is 20.1 Å². The van der Waals surface area contributed by atoms with Crippen LogP contribution in [-0.2, 0) is 4.79 Å². The number of urea groups is 1. The van der Waals surface area contributed by atoms with Crippen molar-refractivity contribution in [2.45, 2.75) is 38.6 Å². The van der Waals surface area contributed by atoms with Gasteiger partial charge in [-0.2, -0.15) is 0 Å². The van der Waals surface area contributed by atoms with Gasteiger partial charge in [0.2, 0.25) is 5.91 Å². The first-order valence-corrected chi connectivity index (χ1v) is 9.65. The van der Waals surface area contributed by atoms with Crippen LogP contribution < -0.4 is 10.6 Å². The number of hydrogen-bond acceptors (Lipinski definition) is 4.